The first kappa shape index (κ1) is 26.6. The highest BCUT2D eigenvalue weighted by molar-refractivity contribution is 6.32. The van der Waals surface area contributed by atoms with E-state index < -0.39 is 75.9 Å². The Morgan fingerprint density at radius 2 is 1.84 bits per heavy atom. The second-order valence-corrected chi connectivity index (χ2v) is 11.4. The number of halogens is 1. The first-order valence-electron chi connectivity index (χ1n) is 13.0. The number of hydrogen-bond acceptors (Lipinski definition) is 9. The standard InChI is InChI=1S/C27H32FN3O7/c1-31(2)21-15-8-11-7-14-18(16(32)9-12(20(14)28)10-30-13-5-3-4-6-13)22(33)17(11)24(35)27(15,38)25(36)19(23(21)34)26(29)37/h9,11,13,15,17,19,21,30,32,38H,3-8,10H2,1-2H3,(H2,29,37)/t11-,15-,17?,19?,21-,27-/m0/s1. The molecule has 0 radical (unpaired) electrons. The summed E-state index contributed by atoms with van der Waals surface area (Å²) in [5.74, 6) is -12.2. The molecular formula is C27H32FN3O7. The number of carbonyl (C=O) groups is 5. The summed E-state index contributed by atoms with van der Waals surface area (Å²) in [7, 11) is 3.02. The molecule has 0 bridgehead atoms. The topological polar surface area (TPSA) is 167 Å². The molecule has 0 aliphatic heterocycles. The Balaban J connectivity index is 1.54. The lowest BCUT2D eigenvalue weighted by molar-refractivity contribution is -0.181. The van der Waals surface area contributed by atoms with Crippen LogP contribution in [0.1, 0.15) is 53.6 Å². The van der Waals surface area contributed by atoms with Crippen LogP contribution in [0.25, 0.3) is 0 Å². The number of nitrogens with zero attached hydrogens (tertiary/aromatic N) is 1. The number of fused-ring (bicyclic) bond motifs is 3. The van der Waals surface area contributed by atoms with Crippen LogP contribution in [0.2, 0.25) is 0 Å². The van der Waals surface area contributed by atoms with Crippen LogP contribution in [0.3, 0.4) is 0 Å². The van der Waals surface area contributed by atoms with E-state index in [4.69, 9.17) is 5.73 Å². The van der Waals surface area contributed by atoms with E-state index in [1.807, 2.05) is 0 Å². The van der Waals surface area contributed by atoms with Crippen molar-refractivity contribution in [3.05, 3.63) is 28.6 Å². The van der Waals surface area contributed by atoms with Crippen molar-refractivity contribution in [1.82, 2.24) is 10.2 Å². The highest BCUT2D eigenvalue weighted by Gasteiger charge is 2.69. The number of nitrogens with one attached hydrogen (secondary N) is 1. The SMILES string of the molecule is CN(C)[C@@H]1C(=O)C(C(N)=O)C(=O)[C@@]2(O)C(=O)C3C(=O)c4c(O)cc(CNC5CCCC5)c(F)c4C[C@H]3C[C@@H]12. The number of phenols is 1. The molecule has 1 aromatic carbocycles. The Morgan fingerprint density at radius 1 is 1.18 bits per heavy atom. The second kappa shape index (κ2) is 9.32. The van der Waals surface area contributed by atoms with Gasteiger partial charge in [-0.15, -0.1) is 0 Å². The summed E-state index contributed by atoms with van der Waals surface area (Å²) in [4.78, 5) is 67.1. The summed E-state index contributed by atoms with van der Waals surface area (Å²) < 4.78 is 15.7. The van der Waals surface area contributed by atoms with Crippen molar-refractivity contribution < 1.29 is 38.6 Å². The van der Waals surface area contributed by atoms with Crippen LogP contribution in [0, 0.1) is 29.5 Å². The van der Waals surface area contributed by atoms with E-state index in [0.29, 0.717) is 0 Å². The molecule has 1 aromatic rings. The van der Waals surface area contributed by atoms with E-state index >= 15 is 4.39 Å². The number of ketones is 4. The van der Waals surface area contributed by atoms with Gasteiger partial charge in [-0.25, -0.2) is 4.39 Å². The van der Waals surface area contributed by atoms with E-state index in [9.17, 15) is 34.2 Å². The molecule has 3 saturated carbocycles. The Labute approximate surface area is 218 Å². The minimum absolute atomic E-state index is 0.0115. The molecule has 4 aliphatic rings. The molecule has 3 fully saturated rings. The van der Waals surface area contributed by atoms with E-state index in [-0.39, 0.29) is 42.1 Å². The number of rotatable bonds is 5. The number of nitrogens with two attached hydrogens (primary N) is 1. The summed E-state index contributed by atoms with van der Waals surface area (Å²) >= 11 is 0. The van der Waals surface area contributed by atoms with Gasteiger partial charge in [-0.1, -0.05) is 12.8 Å². The molecule has 38 heavy (non-hydrogen) atoms. The molecule has 204 valence electrons. The van der Waals surface area contributed by atoms with Crippen molar-refractivity contribution in [3.63, 3.8) is 0 Å². The van der Waals surface area contributed by atoms with Crippen molar-refractivity contribution in [3.8, 4) is 5.75 Å². The third-order valence-electron chi connectivity index (χ3n) is 9.01. The Bertz CT molecular complexity index is 1260. The van der Waals surface area contributed by atoms with Gasteiger partial charge in [0.2, 0.25) is 5.91 Å². The molecular weight excluding hydrogens is 497 g/mol. The molecule has 2 unspecified atom stereocenters. The van der Waals surface area contributed by atoms with Crippen molar-refractivity contribution in [1.29, 1.82) is 0 Å². The molecule has 4 aliphatic carbocycles. The number of amides is 1. The summed E-state index contributed by atoms with van der Waals surface area (Å²) in [6.45, 7) is 0.168. The van der Waals surface area contributed by atoms with E-state index in [1.165, 1.54) is 25.1 Å². The van der Waals surface area contributed by atoms with Gasteiger partial charge in [-0.3, -0.25) is 28.9 Å². The number of Topliss-reactive ketones (excluding diaryl/α,β-unsaturated/α-hetero) is 4. The van der Waals surface area contributed by atoms with Gasteiger partial charge in [0.05, 0.1) is 17.5 Å². The van der Waals surface area contributed by atoms with Crippen molar-refractivity contribution in [2.24, 2.45) is 29.4 Å². The summed E-state index contributed by atoms with van der Waals surface area (Å²) in [5, 5.41) is 25.6. The average Bonchev–Trinajstić information content (AvgIpc) is 3.36. The number of carbonyl (C=O) groups excluding carboxylic acids is 5. The van der Waals surface area contributed by atoms with Crippen LogP contribution in [0.4, 0.5) is 4.39 Å². The van der Waals surface area contributed by atoms with Gasteiger partial charge in [0.15, 0.2) is 34.7 Å². The van der Waals surface area contributed by atoms with Crippen LogP contribution in [-0.4, -0.2) is 75.9 Å². The van der Waals surface area contributed by atoms with Crippen molar-refractivity contribution in [2.45, 2.75) is 62.8 Å². The molecule has 5 N–H and O–H groups in total. The molecule has 11 heteroatoms. The number of aliphatic hydroxyl groups is 1. The van der Waals surface area contributed by atoms with Gasteiger partial charge < -0.3 is 21.3 Å². The average molecular weight is 530 g/mol. The number of primary amides is 1. The fraction of sp³-hybridized carbons (Fsp3) is 0.593. The molecule has 6 atom stereocenters. The monoisotopic (exact) mass is 529 g/mol. The van der Waals surface area contributed by atoms with Gasteiger partial charge in [0, 0.05) is 29.6 Å². The zero-order valence-corrected chi connectivity index (χ0v) is 21.3. The molecule has 0 aromatic heterocycles. The third-order valence-corrected chi connectivity index (χ3v) is 9.01. The lowest BCUT2D eigenvalue weighted by atomic mass is 9.52. The van der Waals surface area contributed by atoms with Gasteiger partial charge in [0.25, 0.3) is 0 Å². The van der Waals surface area contributed by atoms with Crippen molar-refractivity contribution >= 4 is 29.0 Å². The minimum Gasteiger partial charge on any atom is -0.507 e. The predicted molar refractivity (Wildman–Crippen MR) is 130 cm³/mol. The van der Waals surface area contributed by atoms with Gasteiger partial charge >= 0.3 is 0 Å². The molecule has 10 nitrogen and oxygen atoms in total. The highest BCUT2D eigenvalue weighted by Crippen LogP contribution is 2.51. The van der Waals surface area contributed by atoms with Gasteiger partial charge in [0.1, 0.15) is 11.6 Å². The fourth-order valence-corrected chi connectivity index (χ4v) is 7.22. The summed E-state index contributed by atoms with van der Waals surface area (Å²) in [5.41, 5.74) is 2.37. The van der Waals surface area contributed by atoms with Crippen LogP contribution in [0.15, 0.2) is 6.07 Å². The number of phenolic OH excluding ortho intramolecular Hbond substituents is 1. The molecule has 0 saturated heterocycles. The highest BCUT2D eigenvalue weighted by atomic mass is 19.1. The van der Waals surface area contributed by atoms with Gasteiger partial charge in [-0.2, -0.15) is 0 Å². The Morgan fingerprint density at radius 3 is 2.45 bits per heavy atom. The predicted octanol–water partition coefficient (Wildman–Crippen LogP) is 0.0383. The van der Waals surface area contributed by atoms with Crippen LogP contribution in [0.5, 0.6) is 5.75 Å². The molecule has 0 heterocycles. The lowest BCUT2D eigenvalue weighted by Gasteiger charge is -2.52. The van der Waals surface area contributed by atoms with E-state index in [0.717, 1.165) is 25.7 Å². The first-order valence-corrected chi connectivity index (χ1v) is 13.0. The normalized spacial score (nSPS) is 33.3. The zero-order valence-electron chi connectivity index (χ0n) is 21.3. The van der Waals surface area contributed by atoms with Gasteiger partial charge in [-0.05, 0) is 51.8 Å². The minimum atomic E-state index is -2.80. The first-order chi connectivity index (χ1) is 17.9. The summed E-state index contributed by atoms with van der Waals surface area (Å²) in [6.07, 6.45) is 3.93. The smallest absolute Gasteiger partial charge is 0.235 e. The largest absolute Gasteiger partial charge is 0.507 e. The Kier molecular flexibility index (Phi) is 6.52. The Hall–Kier alpha value is -3.02. The number of likely N-dealkylation sites (N-methyl/N-ethyl adjacent to an activating group) is 1. The third kappa shape index (κ3) is 3.74. The quantitative estimate of drug-likeness (QED) is 0.385. The number of hydrogen-bond donors (Lipinski definition) is 4. The maximum atomic E-state index is 15.7. The molecule has 5 rings (SSSR count). The maximum absolute atomic E-state index is 15.7. The maximum Gasteiger partial charge on any atom is 0.235 e. The van der Waals surface area contributed by atoms with Crippen LogP contribution in [-0.2, 0) is 32.1 Å². The van der Waals surface area contributed by atoms with E-state index in [2.05, 4.69) is 5.32 Å². The van der Waals surface area contributed by atoms with Crippen molar-refractivity contribution in [2.75, 3.05) is 14.1 Å². The second-order valence-electron chi connectivity index (χ2n) is 11.4. The number of benzene rings is 1. The number of aromatic hydroxyl groups is 1. The lowest BCUT2D eigenvalue weighted by Crippen LogP contribution is -2.74. The molecule has 1 amide bonds. The zero-order chi connectivity index (χ0) is 27.7. The molecule has 0 spiro atoms. The van der Waals surface area contributed by atoms with E-state index in [1.54, 1.807) is 0 Å². The van der Waals surface area contributed by atoms with Crippen LogP contribution < -0.4 is 11.1 Å². The van der Waals surface area contributed by atoms with Crippen LogP contribution >= 0.6 is 0 Å². The fourth-order valence-electron chi connectivity index (χ4n) is 7.22. The summed E-state index contributed by atoms with van der Waals surface area (Å²) in [6, 6.07) is 0.229.